The molecule has 0 aliphatic carbocycles. The Morgan fingerprint density at radius 2 is 2.19 bits per heavy atom. The molecule has 0 saturated carbocycles. The van der Waals surface area contributed by atoms with Gasteiger partial charge in [0.25, 0.3) is 5.91 Å². The minimum atomic E-state index is -0.0978. The first-order valence-electron chi connectivity index (χ1n) is 5.45. The van der Waals surface area contributed by atoms with Crippen molar-refractivity contribution in [2.75, 3.05) is 38.1 Å². The van der Waals surface area contributed by atoms with E-state index in [2.05, 4.69) is 20.5 Å². The van der Waals surface area contributed by atoms with Crippen LogP contribution in [0.5, 0.6) is 0 Å². The standard InChI is InChI=1S/C11H16N4O/c1-12-11(16)9-2-3-10(14-8-9)15-6-4-13-5-7-15/h2-3,8,13H,4-7H2,1H3,(H,12,16). The van der Waals surface area contributed by atoms with Gasteiger partial charge in [-0.3, -0.25) is 4.79 Å². The third kappa shape index (κ3) is 2.30. The van der Waals surface area contributed by atoms with E-state index in [1.165, 1.54) is 0 Å². The van der Waals surface area contributed by atoms with Crippen LogP contribution in [-0.4, -0.2) is 44.1 Å². The number of aromatic nitrogens is 1. The Labute approximate surface area is 94.9 Å². The van der Waals surface area contributed by atoms with Gasteiger partial charge in [-0.25, -0.2) is 4.98 Å². The first-order chi connectivity index (χ1) is 7.81. The smallest absolute Gasteiger partial charge is 0.252 e. The highest BCUT2D eigenvalue weighted by molar-refractivity contribution is 5.93. The van der Waals surface area contributed by atoms with E-state index in [0.29, 0.717) is 5.56 Å². The molecule has 0 radical (unpaired) electrons. The van der Waals surface area contributed by atoms with Crippen molar-refractivity contribution in [3.05, 3.63) is 23.9 Å². The van der Waals surface area contributed by atoms with Gasteiger partial charge in [-0.2, -0.15) is 0 Å². The molecule has 86 valence electrons. The molecule has 0 bridgehead atoms. The highest BCUT2D eigenvalue weighted by atomic mass is 16.1. The summed E-state index contributed by atoms with van der Waals surface area (Å²) in [7, 11) is 1.62. The second-order valence-corrected chi connectivity index (χ2v) is 3.72. The van der Waals surface area contributed by atoms with Crippen LogP contribution < -0.4 is 15.5 Å². The van der Waals surface area contributed by atoms with Gasteiger partial charge in [0.2, 0.25) is 0 Å². The Hall–Kier alpha value is -1.62. The van der Waals surface area contributed by atoms with Crippen molar-refractivity contribution in [3.63, 3.8) is 0 Å². The number of nitrogens with zero attached hydrogens (tertiary/aromatic N) is 2. The molecule has 1 aromatic heterocycles. The molecule has 2 N–H and O–H groups in total. The van der Waals surface area contributed by atoms with Crippen molar-refractivity contribution in [1.82, 2.24) is 15.6 Å². The molecule has 1 aromatic rings. The number of carbonyl (C=O) groups excluding carboxylic acids is 1. The average molecular weight is 220 g/mol. The quantitative estimate of drug-likeness (QED) is 0.728. The van der Waals surface area contributed by atoms with Crippen LogP contribution in [0.25, 0.3) is 0 Å². The summed E-state index contributed by atoms with van der Waals surface area (Å²) < 4.78 is 0. The van der Waals surface area contributed by atoms with E-state index in [1.54, 1.807) is 13.2 Å². The lowest BCUT2D eigenvalue weighted by atomic mass is 10.2. The lowest BCUT2D eigenvalue weighted by molar-refractivity contribution is 0.0963. The molecule has 5 heteroatoms. The summed E-state index contributed by atoms with van der Waals surface area (Å²) in [6.07, 6.45) is 1.62. The largest absolute Gasteiger partial charge is 0.355 e. The van der Waals surface area contributed by atoms with Crippen LogP contribution in [0.4, 0.5) is 5.82 Å². The average Bonchev–Trinajstić information content (AvgIpc) is 2.39. The van der Waals surface area contributed by atoms with Gasteiger partial charge < -0.3 is 15.5 Å². The van der Waals surface area contributed by atoms with Gasteiger partial charge in [-0.15, -0.1) is 0 Å². The van der Waals surface area contributed by atoms with E-state index in [9.17, 15) is 4.79 Å². The summed E-state index contributed by atoms with van der Waals surface area (Å²) in [5.41, 5.74) is 0.599. The van der Waals surface area contributed by atoms with Gasteiger partial charge in [0.1, 0.15) is 5.82 Å². The lowest BCUT2D eigenvalue weighted by Crippen LogP contribution is -2.43. The van der Waals surface area contributed by atoms with Gasteiger partial charge in [0.15, 0.2) is 0 Å². The van der Waals surface area contributed by atoms with Crippen LogP contribution in [0, 0.1) is 0 Å². The number of carbonyl (C=O) groups is 1. The molecule has 5 nitrogen and oxygen atoms in total. The molecule has 1 fully saturated rings. The maximum absolute atomic E-state index is 11.3. The number of hydrogen-bond acceptors (Lipinski definition) is 4. The van der Waals surface area contributed by atoms with E-state index in [0.717, 1.165) is 32.0 Å². The number of anilines is 1. The van der Waals surface area contributed by atoms with Crippen molar-refractivity contribution in [3.8, 4) is 0 Å². The second-order valence-electron chi connectivity index (χ2n) is 3.72. The maximum atomic E-state index is 11.3. The molecule has 0 spiro atoms. The maximum Gasteiger partial charge on any atom is 0.252 e. The molecule has 2 rings (SSSR count). The summed E-state index contributed by atoms with van der Waals surface area (Å²) in [6, 6.07) is 3.71. The molecular weight excluding hydrogens is 204 g/mol. The Bertz CT molecular complexity index is 357. The van der Waals surface area contributed by atoms with Gasteiger partial charge in [-0.1, -0.05) is 0 Å². The third-order valence-corrected chi connectivity index (χ3v) is 2.68. The zero-order valence-electron chi connectivity index (χ0n) is 9.36. The Morgan fingerprint density at radius 3 is 2.75 bits per heavy atom. The molecule has 1 saturated heterocycles. The van der Waals surface area contributed by atoms with Crippen molar-refractivity contribution in [2.45, 2.75) is 0 Å². The van der Waals surface area contributed by atoms with Crippen molar-refractivity contribution in [1.29, 1.82) is 0 Å². The summed E-state index contributed by atoms with van der Waals surface area (Å²) >= 11 is 0. The molecule has 1 amide bonds. The van der Waals surface area contributed by atoms with Gasteiger partial charge in [0, 0.05) is 39.4 Å². The summed E-state index contributed by atoms with van der Waals surface area (Å²) in [5, 5.41) is 5.87. The molecule has 1 aliphatic heterocycles. The molecule has 0 unspecified atom stereocenters. The molecule has 0 aromatic carbocycles. The van der Waals surface area contributed by atoms with Gasteiger partial charge >= 0.3 is 0 Å². The van der Waals surface area contributed by atoms with Crippen LogP contribution in [0.15, 0.2) is 18.3 Å². The highest BCUT2D eigenvalue weighted by Gasteiger charge is 2.12. The second kappa shape index (κ2) is 4.94. The number of rotatable bonds is 2. The van der Waals surface area contributed by atoms with Crippen molar-refractivity contribution >= 4 is 11.7 Å². The molecule has 0 atom stereocenters. The van der Waals surface area contributed by atoms with E-state index < -0.39 is 0 Å². The zero-order chi connectivity index (χ0) is 11.4. The van der Waals surface area contributed by atoms with Crippen LogP contribution in [0.3, 0.4) is 0 Å². The number of amides is 1. The van der Waals surface area contributed by atoms with Crippen molar-refractivity contribution in [2.24, 2.45) is 0 Å². The van der Waals surface area contributed by atoms with Crippen LogP contribution in [0.1, 0.15) is 10.4 Å². The van der Waals surface area contributed by atoms with Gasteiger partial charge in [-0.05, 0) is 12.1 Å². The van der Waals surface area contributed by atoms with Crippen LogP contribution >= 0.6 is 0 Å². The molecule has 16 heavy (non-hydrogen) atoms. The predicted molar refractivity (Wildman–Crippen MR) is 62.7 cm³/mol. The predicted octanol–water partition coefficient (Wildman–Crippen LogP) is -0.149. The Balaban J connectivity index is 2.09. The fourth-order valence-corrected chi connectivity index (χ4v) is 1.75. The van der Waals surface area contributed by atoms with E-state index in [-0.39, 0.29) is 5.91 Å². The number of pyridine rings is 1. The first kappa shape index (κ1) is 10.9. The van der Waals surface area contributed by atoms with Crippen LogP contribution in [0.2, 0.25) is 0 Å². The van der Waals surface area contributed by atoms with E-state index in [4.69, 9.17) is 0 Å². The minimum Gasteiger partial charge on any atom is -0.355 e. The van der Waals surface area contributed by atoms with Crippen molar-refractivity contribution < 1.29 is 4.79 Å². The molecular formula is C11H16N4O. The Morgan fingerprint density at radius 1 is 1.44 bits per heavy atom. The number of nitrogens with one attached hydrogen (secondary N) is 2. The van der Waals surface area contributed by atoms with E-state index in [1.807, 2.05) is 12.1 Å². The monoisotopic (exact) mass is 220 g/mol. The topological polar surface area (TPSA) is 57.3 Å². The number of hydrogen-bond donors (Lipinski definition) is 2. The Kier molecular flexibility index (Phi) is 3.36. The van der Waals surface area contributed by atoms with Crippen LogP contribution in [-0.2, 0) is 0 Å². The first-order valence-corrected chi connectivity index (χ1v) is 5.45. The summed E-state index contributed by atoms with van der Waals surface area (Å²) in [5.74, 6) is 0.841. The number of piperazine rings is 1. The van der Waals surface area contributed by atoms with Gasteiger partial charge in [0.05, 0.1) is 5.56 Å². The fourth-order valence-electron chi connectivity index (χ4n) is 1.75. The lowest BCUT2D eigenvalue weighted by Gasteiger charge is -2.28. The summed E-state index contributed by atoms with van der Waals surface area (Å²) in [4.78, 5) is 17.8. The fraction of sp³-hybridized carbons (Fsp3) is 0.455. The summed E-state index contributed by atoms with van der Waals surface area (Å²) in [6.45, 7) is 3.90. The molecule has 1 aliphatic rings. The van der Waals surface area contributed by atoms with E-state index >= 15 is 0 Å². The normalized spacial score (nSPS) is 15.9. The highest BCUT2D eigenvalue weighted by Crippen LogP contribution is 2.11. The minimum absolute atomic E-state index is 0.0978. The third-order valence-electron chi connectivity index (χ3n) is 2.68. The zero-order valence-corrected chi connectivity index (χ0v) is 9.36. The molecule has 2 heterocycles. The SMILES string of the molecule is CNC(=O)c1ccc(N2CCNCC2)nc1.